The van der Waals surface area contributed by atoms with Crippen molar-refractivity contribution < 1.29 is 4.74 Å². The van der Waals surface area contributed by atoms with Gasteiger partial charge in [-0.15, -0.1) is 5.10 Å². The van der Waals surface area contributed by atoms with E-state index >= 15 is 0 Å². The molecular weight excluding hydrogens is 226 g/mol. The van der Waals surface area contributed by atoms with Crippen LogP contribution in [0.4, 0.5) is 0 Å². The van der Waals surface area contributed by atoms with E-state index in [9.17, 15) is 0 Å². The number of rotatable bonds is 3. The van der Waals surface area contributed by atoms with Crippen LogP contribution in [-0.2, 0) is 4.74 Å². The van der Waals surface area contributed by atoms with Gasteiger partial charge in [0.05, 0.1) is 11.6 Å². The number of fused-ring (bicyclic) bond motifs is 1. The molecule has 1 unspecified atom stereocenters. The van der Waals surface area contributed by atoms with E-state index < -0.39 is 0 Å². The predicted molar refractivity (Wildman–Crippen MR) is 72.2 cm³/mol. The molecule has 18 heavy (non-hydrogen) atoms. The van der Waals surface area contributed by atoms with Gasteiger partial charge in [0.15, 0.2) is 6.23 Å². The highest BCUT2D eigenvalue weighted by Crippen LogP contribution is 2.33. The summed E-state index contributed by atoms with van der Waals surface area (Å²) in [6, 6.07) is 7.96. The maximum Gasteiger partial charge on any atom is 0.157 e. The van der Waals surface area contributed by atoms with Gasteiger partial charge in [0, 0.05) is 5.41 Å². The lowest BCUT2D eigenvalue weighted by molar-refractivity contribution is -0.104. The van der Waals surface area contributed by atoms with Gasteiger partial charge in [-0.05, 0) is 26.0 Å². The molecule has 1 aromatic carbocycles. The number of hydrogen-bond donors (Lipinski definition) is 0. The number of nitrogens with zero attached hydrogens (tertiary/aromatic N) is 3. The van der Waals surface area contributed by atoms with Crippen molar-refractivity contribution in [1.82, 2.24) is 15.0 Å². The molecule has 0 amide bonds. The van der Waals surface area contributed by atoms with Crippen molar-refractivity contribution in [2.24, 2.45) is 5.41 Å². The number of benzene rings is 1. The van der Waals surface area contributed by atoms with Crippen LogP contribution < -0.4 is 0 Å². The maximum atomic E-state index is 6.03. The monoisotopic (exact) mass is 247 g/mol. The smallest absolute Gasteiger partial charge is 0.157 e. The highest BCUT2D eigenvalue weighted by molar-refractivity contribution is 5.73. The van der Waals surface area contributed by atoms with Crippen LogP contribution in [0.3, 0.4) is 0 Å². The van der Waals surface area contributed by atoms with Gasteiger partial charge in [0.25, 0.3) is 0 Å². The lowest BCUT2D eigenvalue weighted by atomic mass is 9.94. The first-order valence-electron chi connectivity index (χ1n) is 6.35. The summed E-state index contributed by atoms with van der Waals surface area (Å²) >= 11 is 0. The highest BCUT2D eigenvalue weighted by Gasteiger charge is 2.30. The minimum absolute atomic E-state index is 0.0409. The van der Waals surface area contributed by atoms with E-state index in [0.717, 1.165) is 11.0 Å². The Morgan fingerprint density at radius 3 is 2.44 bits per heavy atom. The first kappa shape index (κ1) is 13.0. The van der Waals surface area contributed by atoms with Crippen molar-refractivity contribution in [3.8, 4) is 0 Å². The Bertz CT molecular complexity index is 525. The SMILES string of the molecule is CC(C)OC(n1nnc2ccccc21)C(C)(C)C. The largest absolute Gasteiger partial charge is 0.353 e. The zero-order valence-corrected chi connectivity index (χ0v) is 11.7. The topological polar surface area (TPSA) is 39.9 Å². The van der Waals surface area contributed by atoms with Crippen LogP contribution in [0, 0.1) is 5.41 Å². The summed E-state index contributed by atoms with van der Waals surface area (Å²) in [6.45, 7) is 10.5. The molecule has 0 aliphatic rings. The number of ether oxygens (including phenoxy) is 1. The quantitative estimate of drug-likeness (QED) is 0.834. The van der Waals surface area contributed by atoms with Crippen molar-refractivity contribution in [2.75, 3.05) is 0 Å². The van der Waals surface area contributed by atoms with E-state index in [2.05, 4.69) is 31.1 Å². The summed E-state index contributed by atoms with van der Waals surface area (Å²) in [5.74, 6) is 0. The van der Waals surface area contributed by atoms with Crippen LogP contribution in [-0.4, -0.2) is 21.1 Å². The van der Waals surface area contributed by atoms with Crippen LogP contribution in [0.25, 0.3) is 11.0 Å². The molecule has 1 atom stereocenters. The fraction of sp³-hybridized carbons (Fsp3) is 0.571. The molecule has 0 saturated heterocycles. The van der Waals surface area contributed by atoms with Crippen molar-refractivity contribution in [2.45, 2.75) is 47.0 Å². The Hall–Kier alpha value is -1.42. The van der Waals surface area contributed by atoms with Crippen molar-refractivity contribution in [3.05, 3.63) is 24.3 Å². The zero-order valence-electron chi connectivity index (χ0n) is 11.7. The lowest BCUT2D eigenvalue weighted by Gasteiger charge is -2.32. The second-order valence-corrected chi connectivity index (χ2v) is 5.93. The molecule has 1 aromatic heterocycles. The molecule has 2 aromatic rings. The normalized spacial score (nSPS) is 14.3. The molecule has 0 aliphatic heterocycles. The molecule has 4 heteroatoms. The minimum atomic E-state index is -0.120. The summed E-state index contributed by atoms with van der Waals surface area (Å²) in [4.78, 5) is 0. The molecule has 0 aliphatic carbocycles. The van der Waals surface area contributed by atoms with E-state index in [0.29, 0.717) is 0 Å². The molecule has 0 fully saturated rings. The Labute approximate surface area is 108 Å². The third-order valence-corrected chi connectivity index (χ3v) is 2.74. The van der Waals surface area contributed by atoms with Crippen molar-refractivity contribution in [3.63, 3.8) is 0 Å². The average molecular weight is 247 g/mol. The first-order valence-corrected chi connectivity index (χ1v) is 6.35. The molecule has 4 nitrogen and oxygen atoms in total. The van der Waals surface area contributed by atoms with Crippen molar-refractivity contribution in [1.29, 1.82) is 0 Å². The zero-order chi connectivity index (χ0) is 13.3. The van der Waals surface area contributed by atoms with Crippen LogP contribution in [0.1, 0.15) is 40.8 Å². The van der Waals surface area contributed by atoms with E-state index in [1.807, 2.05) is 42.8 Å². The fourth-order valence-corrected chi connectivity index (χ4v) is 1.95. The van der Waals surface area contributed by atoms with E-state index in [1.54, 1.807) is 0 Å². The molecule has 0 spiro atoms. The Kier molecular flexibility index (Phi) is 3.39. The summed E-state index contributed by atoms with van der Waals surface area (Å²) in [7, 11) is 0. The van der Waals surface area contributed by atoms with Crippen LogP contribution in [0.15, 0.2) is 24.3 Å². The average Bonchev–Trinajstić information content (AvgIpc) is 2.67. The molecule has 0 N–H and O–H groups in total. The van der Waals surface area contributed by atoms with Crippen LogP contribution in [0.5, 0.6) is 0 Å². The van der Waals surface area contributed by atoms with E-state index in [1.165, 1.54) is 0 Å². The number of hydrogen-bond acceptors (Lipinski definition) is 3. The van der Waals surface area contributed by atoms with Crippen molar-refractivity contribution >= 4 is 11.0 Å². The third-order valence-electron chi connectivity index (χ3n) is 2.74. The van der Waals surface area contributed by atoms with Gasteiger partial charge in [0.1, 0.15) is 5.52 Å². The Morgan fingerprint density at radius 1 is 1.17 bits per heavy atom. The number of para-hydroxylation sites is 1. The van der Waals surface area contributed by atoms with Gasteiger partial charge in [-0.3, -0.25) is 0 Å². The Balaban J connectivity index is 2.48. The van der Waals surface area contributed by atoms with Crippen LogP contribution >= 0.6 is 0 Å². The fourth-order valence-electron chi connectivity index (χ4n) is 1.95. The highest BCUT2D eigenvalue weighted by atomic mass is 16.5. The van der Waals surface area contributed by atoms with Gasteiger partial charge >= 0.3 is 0 Å². The Morgan fingerprint density at radius 2 is 1.83 bits per heavy atom. The van der Waals surface area contributed by atoms with E-state index in [4.69, 9.17) is 4.74 Å². The summed E-state index contributed by atoms with van der Waals surface area (Å²) in [6.07, 6.45) is 0.0297. The van der Waals surface area contributed by atoms with Gasteiger partial charge in [-0.25, -0.2) is 4.68 Å². The second kappa shape index (κ2) is 4.69. The molecule has 0 bridgehead atoms. The maximum absolute atomic E-state index is 6.03. The molecule has 2 rings (SSSR count). The third kappa shape index (κ3) is 2.53. The summed E-state index contributed by atoms with van der Waals surface area (Å²) in [5, 5.41) is 8.45. The van der Waals surface area contributed by atoms with Gasteiger partial charge in [-0.2, -0.15) is 0 Å². The standard InChI is InChI=1S/C14H21N3O/c1-10(2)18-13(14(3,4)5)17-12-9-7-6-8-11(12)15-16-17/h6-10,13H,1-5H3. The molecule has 0 saturated carbocycles. The molecule has 1 heterocycles. The summed E-state index contributed by atoms with van der Waals surface area (Å²) < 4.78 is 7.91. The predicted octanol–water partition coefficient (Wildman–Crippen LogP) is 3.40. The van der Waals surface area contributed by atoms with Gasteiger partial charge in [-0.1, -0.05) is 38.1 Å². The first-order chi connectivity index (χ1) is 8.39. The molecular formula is C14H21N3O. The number of aromatic nitrogens is 3. The van der Waals surface area contributed by atoms with Gasteiger partial charge < -0.3 is 4.74 Å². The molecule has 98 valence electrons. The molecule has 0 radical (unpaired) electrons. The summed E-state index contributed by atoms with van der Waals surface area (Å²) in [5.41, 5.74) is 1.87. The van der Waals surface area contributed by atoms with E-state index in [-0.39, 0.29) is 17.7 Å². The minimum Gasteiger partial charge on any atom is -0.353 e. The van der Waals surface area contributed by atoms with Crippen LogP contribution in [0.2, 0.25) is 0 Å². The lowest BCUT2D eigenvalue weighted by Crippen LogP contribution is -2.30. The second-order valence-electron chi connectivity index (χ2n) is 5.93. The van der Waals surface area contributed by atoms with Gasteiger partial charge in [0.2, 0.25) is 0 Å².